The Kier molecular flexibility index (Phi) is 10.4. The lowest BCUT2D eigenvalue weighted by molar-refractivity contribution is -0.116. The van der Waals surface area contributed by atoms with E-state index in [-0.39, 0.29) is 18.3 Å². The Morgan fingerprint density at radius 1 is 1.14 bits per heavy atom. The van der Waals surface area contributed by atoms with Crippen LogP contribution in [-0.2, 0) is 4.79 Å². The average molecular weight is 331 g/mol. The SMILES string of the molecule is CCCCN(C)CCC(=O)Nc1cc(OC)cc(OC)c1.Cl. The second-order valence-corrected chi connectivity index (χ2v) is 5.06. The molecule has 0 spiro atoms. The van der Waals surface area contributed by atoms with Gasteiger partial charge in [0.25, 0.3) is 0 Å². The van der Waals surface area contributed by atoms with Gasteiger partial charge in [-0.15, -0.1) is 12.4 Å². The number of nitrogens with zero attached hydrogens (tertiary/aromatic N) is 1. The predicted molar refractivity (Wildman–Crippen MR) is 92.4 cm³/mol. The molecule has 0 saturated heterocycles. The number of carbonyl (C=O) groups is 1. The zero-order valence-corrected chi connectivity index (χ0v) is 14.7. The zero-order chi connectivity index (χ0) is 15.7. The Morgan fingerprint density at radius 2 is 1.73 bits per heavy atom. The van der Waals surface area contributed by atoms with Gasteiger partial charge in [-0.3, -0.25) is 4.79 Å². The number of rotatable bonds is 9. The molecule has 1 amide bonds. The molecule has 0 aliphatic heterocycles. The Balaban J connectivity index is 0.00000441. The van der Waals surface area contributed by atoms with E-state index in [0.29, 0.717) is 23.6 Å². The highest BCUT2D eigenvalue weighted by Crippen LogP contribution is 2.25. The van der Waals surface area contributed by atoms with Gasteiger partial charge in [-0.25, -0.2) is 0 Å². The highest BCUT2D eigenvalue weighted by Gasteiger charge is 2.07. The molecule has 0 aliphatic rings. The van der Waals surface area contributed by atoms with Crippen LogP contribution in [0.1, 0.15) is 26.2 Å². The molecule has 1 aromatic rings. The zero-order valence-electron chi connectivity index (χ0n) is 13.8. The highest BCUT2D eigenvalue weighted by atomic mass is 35.5. The molecule has 1 N–H and O–H groups in total. The van der Waals surface area contributed by atoms with Gasteiger partial charge in [0.2, 0.25) is 5.91 Å². The Morgan fingerprint density at radius 3 is 2.23 bits per heavy atom. The van der Waals surface area contributed by atoms with Gasteiger partial charge in [-0.1, -0.05) is 13.3 Å². The molecule has 0 bridgehead atoms. The van der Waals surface area contributed by atoms with Gasteiger partial charge in [0.15, 0.2) is 0 Å². The summed E-state index contributed by atoms with van der Waals surface area (Å²) < 4.78 is 10.4. The lowest BCUT2D eigenvalue weighted by atomic mass is 10.2. The number of hydrogen-bond acceptors (Lipinski definition) is 4. The van der Waals surface area contributed by atoms with Gasteiger partial charge in [0, 0.05) is 36.9 Å². The molecule has 1 rings (SSSR count). The number of benzene rings is 1. The third-order valence-corrected chi connectivity index (χ3v) is 3.25. The maximum atomic E-state index is 12.0. The van der Waals surface area contributed by atoms with Gasteiger partial charge < -0.3 is 19.7 Å². The first kappa shape index (κ1) is 20.5. The van der Waals surface area contributed by atoms with Crippen LogP contribution >= 0.6 is 12.4 Å². The second-order valence-electron chi connectivity index (χ2n) is 5.06. The summed E-state index contributed by atoms with van der Waals surface area (Å²) in [6.45, 7) is 3.94. The van der Waals surface area contributed by atoms with Crippen molar-refractivity contribution < 1.29 is 14.3 Å². The van der Waals surface area contributed by atoms with Gasteiger partial charge in [0.1, 0.15) is 11.5 Å². The number of unbranched alkanes of at least 4 members (excludes halogenated alkanes) is 1. The van der Waals surface area contributed by atoms with E-state index >= 15 is 0 Å². The van der Waals surface area contributed by atoms with E-state index in [9.17, 15) is 4.79 Å². The van der Waals surface area contributed by atoms with E-state index in [1.165, 1.54) is 6.42 Å². The molecule has 1 aromatic carbocycles. The summed E-state index contributed by atoms with van der Waals surface area (Å²) in [4.78, 5) is 14.1. The third kappa shape index (κ3) is 7.52. The summed E-state index contributed by atoms with van der Waals surface area (Å²) in [7, 11) is 5.21. The van der Waals surface area contributed by atoms with Crippen LogP contribution in [0, 0.1) is 0 Å². The monoisotopic (exact) mass is 330 g/mol. The topological polar surface area (TPSA) is 50.8 Å². The van der Waals surface area contributed by atoms with Crippen molar-refractivity contribution in [2.24, 2.45) is 0 Å². The van der Waals surface area contributed by atoms with Crippen LogP contribution in [-0.4, -0.2) is 45.2 Å². The van der Waals surface area contributed by atoms with Crippen LogP contribution in [0.25, 0.3) is 0 Å². The van der Waals surface area contributed by atoms with Crippen molar-refractivity contribution >= 4 is 24.0 Å². The predicted octanol–water partition coefficient (Wildman–Crippen LogP) is 3.19. The minimum Gasteiger partial charge on any atom is -0.497 e. The van der Waals surface area contributed by atoms with Crippen molar-refractivity contribution in [1.82, 2.24) is 4.90 Å². The van der Waals surface area contributed by atoms with E-state index in [1.807, 2.05) is 7.05 Å². The summed E-state index contributed by atoms with van der Waals surface area (Å²) in [5, 5.41) is 2.88. The fourth-order valence-corrected chi connectivity index (χ4v) is 1.94. The molecule has 0 radical (unpaired) electrons. The smallest absolute Gasteiger partial charge is 0.225 e. The molecule has 0 heterocycles. The molecule has 22 heavy (non-hydrogen) atoms. The van der Waals surface area contributed by atoms with Crippen molar-refractivity contribution in [3.8, 4) is 11.5 Å². The van der Waals surface area contributed by atoms with Crippen LogP contribution in [0.2, 0.25) is 0 Å². The van der Waals surface area contributed by atoms with Crippen LogP contribution in [0.15, 0.2) is 18.2 Å². The molecule has 0 fully saturated rings. The number of methoxy groups -OCH3 is 2. The first-order valence-electron chi connectivity index (χ1n) is 7.30. The van der Waals surface area contributed by atoms with Crippen molar-refractivity contribution in [2.45, 2.75) is 26.2 Å². The molecule has 0 unspecified atom stereocenters. The van der Waals surface area contributed by atoms with E-state index in [1.54, 1.807) is 32.4 Å². The molecule has 126 valence electrons. The fourth-order valence-electron chi connectivity index (χ4n) is 1.94. The Labute approximate surface area is 139 Å². The Hall–Kier alpha value is -1.46. The summed E-state index contributed by atoms with van der Waals surface area (Å²) in [6.07, 6.45) is 2.80. The summed E-state index contributed by atoms with van der Waals surface area (Å²) >= 11 is 0. The standard InChI is InChI=1S/C16H26N2O3.ClH/c1-5-6-8-18(2)9-7-16(19)17-13-10-14(20-3)12-15(11-13)21-4;/h10-12H,5-9H2,1-4H3,(H,17,19);1H. The molecule has 6 heteroatoms. The largest absolute Gasteiger partial charge is 0.497 e. The minimum absolute atomic E-state index is 0. The van der Waals surface area contributed by atoms with Crippen molar-refractivity contribution in [2.75, 3.05) is 39.7 Å². The summed E-state index contributed by atoms with van der Waals surface area (Å²) in [6, 6.07) is 5.33. The second kappa shape index (κ2) is 11.2. The maximum Gasteiger partial charge on any atom is 0.225 e. The molecular weight excluding hydrogens is 304 g/mol. The minimum atomic E-state index is -0.00588. The molecule has 0 aliphatic carbocycles. The lowest BCUT2D eigenvalue weighted by Gasteiger charge is -2.16. The molecule has 0 aromatic heterocycles. The molecule has 0 atom stereocenters. The number of halogens is 1. The lowest BCUT2D eigenvalue weighted by Crippen LogP contribution is -2.25. The number of ether oxygens (including phenoxy) is 2. The van der Waals surface area contributed by atoms with E-state index in [4.69, 9.17) is 9.47 Å². The quantitative estimate of drug-likeness (QED) is 0.755. The number of anilines is 1. The van der Waals surface area contributed by atoms with Crippen molar-refractivity contribution in [1.29, 1.82) is 0 Å². The van der Waals surface area contributed by atoms with Crippen LogP contribution in [0.3, 0.4) is 0 Å². The number of nitrogens with one attached hydrogen (secondary N) is 1. The number of carbonyl (C=O) groups excluding carboxylic acids is 1. The summed E-state index contributed by atoms with van der Waals surface area (Å²) in [5.41, 5.74) is 0.687. The van der Waals surface area contributed by atoms with Gasteiger partial charge in [-0.2, -0.15) is 0 Å². The first-order valence-corrected chi connectivity index (χ1v) is 7.30. The third-order valence-electron chi connectivity index (χ3n) is 3.25. The fraction of sp³-hybridized carbons (Fsp3) is 0.562. The maximum absolute atomic E-state index is 12.0. The molecule has 0 saturated carbocycles. The van der Waals surface area contributed by atoms with Gasteiger partial charge in [0.05, 0.1) is 14.2 Å². The number of amides is 1. The van der Waals surface area contributed by atoms with E-state index in [0.717, 1.165) is 19.5 Å². The van der Waals surface area contributed by atoms with Gasteiger partial charge in [-0.05, 0) is 20.0 Å². The number of hydrogen-bond donors (Lipinski definition) is 1. The molecular formula is C16H27ClN2O3. The van der Waals surface area contributed by atoms with E-state index in [2.05, 4.69) is 17.1 Å². The van der Waals surface area contributed by atoms with Crippen molar-refractivity contribution in [3.63, 3.8) is 0 Å². The van der Waals surface area contributed by atoms with E-state index < -0.39 is 0 Å². The van der Waals surface area contributed by atoms with Crippen LogP contribution < -0.4 is 14.8 Å². The molecule has 5 nitrogen and oxygen atoms in total. The first-order chi connectivity index (χ1) is 10.1. The summed E-state index contributed by atoms with van der Waals surface area (Å²) in [5.74, 6) is 1.31. The Bertz CT molecular complexity index is 433. The van der Waals surface area contributed by atoms with Gasteiger partial charge >= 0.3 is 0 Å². The van der Waals surface area contributed by atoms with Crippen molar-refractivity contribution in [3.05, 3.63) is 18.2 Å². The van der Waals surface area contributed by atoms with Crippen LogP contribution in [0.4, 0.5) is 5.69 Å². The highest BCUT2D eigenvalue weighted by molar-refractivity contribution is 5.91. The van der Waals surface area contributed by atoms with Crippen LogP contribution in [0.5, 0.6) is 11.5 Å². The average Bonchev–Trinajstić information content (AvgIpc) is 2.50. The normalized spacial score (nSPS) is 10.0.